The maximum absolute atomic E-state index is 12.2. The molecule has 0 unspecified atom stereocenters. The van der Waals surface area contributed by atoms with E-state index in [1.54, 1.807) is 18.2 Å². The van der Waals surface area contributed by atoms with Gasteiger partial charge in [0.2, 0.25) is 5.95 Å². The van der Waals surface area contributed by atoms with Crippen LogP contribution in [0.5, 0.6) is 0 Å². The fourth-order valence-corrected chi connectivity index (χ4v) is 3.77. The second-order valence-corrected chi connectivity index (χ2v) is 9.37. The first-order chi connectivity index (χ1) is 15.7. The van der Waals surface area contributed by atoms with E-state index in [9.17, 15) is 9.59 Å². The Kier molecular flexibility index (Phi) is 5.97. The van der Waals surface area contributed by atoms with Crippen LogP contribution in [0.2, 0.25) is 0 Å². The van der Waals surface area contributed by atoms with Crippen molar-refractivity contribution in [2.75, 3.05) is 16.0 Å². The number of aromatic amines is 1. The molecule has 0 aliphatic heterocycles. The Hall–Kier alpha value is -3.99. The molecule has 0 atom stereocenters. The van der Waals surface area contributed by atoms with Crippen molar-refractivity contribution in [3.63, 3.8) is 0 Å². The van der Waals surface area contributed by atoms with Gasteiger partial charge in [-0.15, -0.1) is 0 Å². The van der Waals surface area contributed by atoms with E-state index >= 15 is 0 Å². The summed E-state index contributed by atoms with van der Waals surface area (Å²) in [4.78, 5) is 32.0. The number of hydrogen-bond acceptors (Lipinski definition) is 6. The molecule has 33 heavy (non-hydrogen) atoms. The largest absolute Gasteiger partial charge is 0.465 e. The van der Waals surface area contributed by atoms with Gasteiger partial charge in [-0.2, -0.15) is 0 Å². The van der Waals surface area contributed by atoms with Gasteiger partial charge in [0.1, 0.15) is 5.76 Å². The molecule has 0 aliphatic rings. The number of H-pyrrole nitrogens is 1. The van der Waals surface area contributed by atoms with Gasteiger partial charge in [0.25, 0.3) is 0 Å². The number of nitrogens with one attached hydrogen (secondary N) is 4. The number of anilines is 3. The van der Waals surface area contributed by atoms with Gasteiger partial charge in [-0.3, -0.25) is 10.6 Å². The fraction of sp³-hybridized carbons (Fsp3) is 0.182. The lowest BCUT2D eigenvalue weighted by Gasteiger charge is -2.12. The van der Waals surface area contributed by atoms with Crippen molar-refractivity contribution in [3.05, 3.63) is 54.3 Å². The zero-order valence-corrected chi connectivity index (χ0v) is 18.9. The second-order valence-electron chi connectivity index (χ2n) is 8.23. The molecule has 11 heteroatoms. The predicted molar refractivity (Wildman–Crippen MR) is 126 cm³/mol. The van der Waals surface area contributed by atoms with E-state index in [1.807, 2.05) is 51.1 Å². The number of aromatic nitrogens is 3. The maximum Gasteiger partial charge on any atom is 0.411 e. The number of benzene rings is 2. The number of hydrogen-bond donors (Lipinski definition) is 5. The Balaban J connectivity index is 1.36. The monoisotopic (exact) mass is 466 g/mol. The first-order valence-corrected chi connectivity index (χ1v) is 10.8. The van der Waals surface area contributed by atoms with Gasteiger partial charge >= 0.3 is 12.1 Å². The van der Waals surface area contributed by atoms with E-state index in [4.69, 9.17) is 9.63 Å². The molecule has 0 aliphatic carbocycles. The zero-order chi connectivity index (χ0) is 23.6. The fourth-order valence-electron chi connectivity index (χ4n) is 2.92. The van der Waals surface area contributed by atoms with Crippen LogP contribution >= 0.6 is 11.8 Å². The first-order valence-electron chi connectivity index (χ1n) is 9.98. The number of carbonyl (C=O) groups is 2. The van der Waals surface area contributed by atoms with Gasteiger partial charge in [0.15, 0.2) is 5.82 Å². The quantitative estimate of drug-likeness (QED) is 0.252. The Morgan fingerprint density at radius 3 is 2.39 bits per heavy atom. The van der Waals surface area contributed by atoms with Crippen molar-refractivity contribution in [1.82, 2.24) is 15.1 Å². The predicted octanol–water partition coefficient (Wildman–Crippen LogP) is 5.73. The Morgan fingerprint density at radius 2 is 1.73 bits per heavy atom. The van der Waals surface area contributed by atoms with Crippen LogP contribution in [0.1, 0.15) is 26.5 Å². The summed E-state index contributed by atoms with van der Waals surface area (Å²) in [5, 5.41) is 20.3. The molecule has 4 aromatic rings. The van der Waals surface area contributed by atoms with Gasteiger partial charge in [0.05, 0.1) is 11.0 Å². The standard InChI is InChI=1S/C22H22N6O4S/c1-22(2,3)17-11-18(28-32-17)26-20(29)23-12-4-6-13(7-5-12)33-14-8-9-15-16(10-14)25-19(24-15)27-21(30)31/h4-11H,1-3H3,(H,30,31)(H2,24,25,27)(H2,23,26,28,29). The average Bonchev–Trinajstić information content (AvgIpc) is 3.35. The van der Waals surface area contributed by atoms with Gasteiger partial charge in [0, 0.05) is 27.0 Å². The summed E-state index contributed by atoms with van der Waals surface area (Å²) in [6.07, 6.45) is -1.18. The highest BCUT2D eigenvalue weighted by Gasteiger charge is 2.20. The van der Waals surface area contributed by atoms with Gasteiger partial charge in [-0.1, -0.05) is 37.7 Å². The average molecular weight is 467 g/mol. The molecule has 4 rings (SSSR count). The van der Waals surface area contributed by atoms with Crippen molar-refractivity contribution < 1.29 is 19.2 Å². The summed E-state index contributed by atoms with van der Waals surface area (Å²) in [5.74, 6) is 1.20. The molecule has 5 N–H and O–H groups in total. The molecule has 0 radical (unpaired) electrons. The lowest BCUT2D eigenvalue weighted by atomic mass is 9.93. The lowest BCUT2D eigenvalue weighted by Crippen LogP contribution is -2.19. The molecular weight excluding hydrogens is 444 g/mol. The second kappa shape index (κ2) is 8.87. The van der Waals surface area contributed by atoms with Crippen LogP contribution in [0.25, 0.3) is 11.0 Å². The molecule has 0 fully saturated rings. The molecule has 0 saturated heterocycles. The van der Waals surface area contributed by atoms with Crippen LogP contribution in [0.4, 0.5) is 27.0 Å². The summed E-state index contributed by atoms with van der Waals surface area (Å²) in [7, 11) is 0. The van der Waals surface area contributed by atoms with Gasteiger partial charge in [-0.05, 0) is 42.5 Å². The number of carboxylic acid groups (broad SMARTS) is 1. The summed E-state index contributed by atoms with van der Waals surface area (Å²) in [6.45, 7) is 5.99. The molecule has 2 heterocycles. The van der Waals surface area contributed by atoms with E-state index in [-0.39, 0.29) is 11.4 Å². The molecule has 0 saturated carbocycles. The van der Waals surface area contributed by atoms with Crippen LogP contribution in [0.15, 0.2) is 62.8 Å². The van der Waals surface area contributed by atoms with Gasteiger partial charge < -0.3 is 19.9 Å². The zero-order valence-electron chi connectivity index (χ0n) is 18.1. The molecule has 2 aromatic heterocycles. The highest BCUT2D eigenvalue weighted by Crippen LogP contribution is 2.31. The third-order valence-electron chi connectivity index (χ3n) is 4.52. The number of urea groups is 1. The van der Waals surface area contributed by atoms with Crippen molar-refractivity contribution in [1.29, 1.82) is 0 Å². The third-order valence-corrected chi connectivity index (χ3v) is 5.52. The number of fused-ring (bicyclic) bond motifs is 1. The van der Waals surface area contributed by atoms with E-state index < -0.39 is 12.1 Å². The van der Waals surface area contributed by atoms with E-state index in [1.165, 1.54) is 11.8 Å². The van der Waals surface area contributed by atoms with Crippen molar-refractivity contribution >= 4 is 52.4 Å². The van der Waals surface area contributed by atoms with Crippen LogP contribution in [0.3, 0.4) is 0 Å². The molecule has 0 bridgehead atoms. The third kappa shape index (κ3) is 5.63. The van der Waals surface area contributed by atoms with Crippen LogP contribution in [0, 0.1) is 0 Å². The van der Waals surface area contributed by atoms with Crippen molar-refractivity contribution in [3.8, 4) is 0 Å². The van der Waals surface area contributed by atoms with Crippen molar-refractivity contribution in [2.45, 2.75) is 36.0 Å². The lowest BCUT2D eigenvalue weighted by molar-refractivity contribution is 0.209. The molecular formula is C22H22N6O4S. The number of nitrogens with zero attached hydrogens (tertiary/aromatic N) is 2. The van der Waals surface area contributed by atoms with E-state index in [0.717, 1.165) is 15.3 Å². The molecule has 170 valence electrons. The summed E-state index contributed by atoms with van der Waals surface area (Å²) < 4.78 is 5.27. The van der Waals surface area contributed by atoms with Crippen LogP contribution in [-0.2, 0) is 5.41 Å². The number of rotatable bonds is 5. The minimum Gasteiger partial charge on any atom is -0.465 e. The summed E-state index contributed by atoms with van der Waals surface area (Å²) in [5.41, 5.74) is 1.82. The molecule has 10 nitrogen and oxygen atoms in total. The van der Waals surface area contributed by atoms with E-state index in [2.05, 4.69) is 31.1 Å². The van der Waals surface area contributed by atoms with Gasteiger partial charge in [-0.25, -0.2) is 14.6 Å². The Labute approximate surface area is 193 Å². The molecule has 3 amide bonds. The SMILES string of the molecule is CC(C)(C)c1cc(NC(=O)Nc2ccc(Sc3ccc4[nH]c(NC(=O)O)nc4c3)cc2)no1. The number of imidazole rings is 1. The highest BCUT2D eigenvalue weighted by atomic mass is 32.2. The minimum atomic E-state index is -1.18. The van der Waals surface area contributed by atoms with E-state index in [0.29, 0.717) is 22.8 Å². The normalized spacial score (nSPS) is 11.4. The van der Waals surface area contributed by atoms with Crippen molar-refractivity contribution in [2.24, 2.45) is 0 Å². The summed E-state index contributed by atoms with van der Waals surface area (Å²) in [6, 6.07) is 14.3. The minimum absolute atomic E-state index is 0.175. The Morgan fingerprint density at radius 1 is 1.00 bits per heavy atom. The van der Waals surface area contributed by atoms with Crippen LogP contribution < -0.4 is 16.0 Å². The number of carbonyl (C=O) groups excluding carboxylic acids is 1. The molecule has 2 aromatic carbocycles. The smallest absolute Gasteiger partial charge is 0.411 e. The first kappa shape index (κ1) is 22.2. The summed E-state index contributed by atoms with van der Waals surface area (Å²) >= 11 is 1.52. The number of amides is 3. The molecule has 0 spiro atoms. The maximum atomic E-state index is 12.2. The van der Waals surface area contributed by atoms with Crippen LogP contribution in [-0.4, -0.2) is 32.4 Å². The topological polar surface area (TPSA) is 145 Å². The highest BCUT2D eigenvalue weighted by molar-refractivity contribution is 7.99. The Bertz CT molecular complexity index is 1310.